The molecule has 0 fully saturated rings. The van der Waals surface area contributed by atoms with Crippen molar-refractivity contribution >= 4 is 11.4 Å². The third-order valence-corrected chi connectivity index (χ3v) is 4.07. The van der Waals surface area contributed by atoms with Crippen LogP contribution in [0.25, 0.3) is 16.8 Å². The molecule has 0 bridgehead atoms. The number of aromatic nitrogens is 1. The van der Waals surface area contributed by atoms with Gasteiger partial charge in [-0.2, -0.15) is 0 Å². The van der Waals surface area contributed by atoms with E-state index >= 15 is 0 Å². The van der Waals surface area contributed by atoms with E-state index in [1.165, 1.54) is 11.1 Å². The molecular formula is C22H18N2. The Morgan fingerprint density at radius 3 is 1.96 bits per heavy atom. The molecule has 0 aliphatic rings. The molecule has 4 aromatic rings. The first kappa shape index (κ1) is 14.3. The highest BCUT2D eigenvalue weighted by atomic mass is 15.0. The summed E-state index contributed by atoms with van der Waals surface area (Å²) in [6.45, 7) is 0. The first-order valence-corrected chi connectivity index (χ1v) is 8.06. The van der Waals surface area contributed by atoms with E-state index in [0.29, 0.717) is 0 Å². The van der Waals surface area contributed by atoms with Crippen molar-refractivity contribution in [3.63, 3.8) is 0 Å². The van der Waals surface area contributed by atoms with Crippen LogP contribution in [0.1, 0.15) is 0 Å². The summed E-state index contributed by atoms with van der Waals surface area (Å²) in [6.07, 6.45) is 4.12. The van der Waals surface area contributed by atoms with Crippen molar-refractivity contribution in [3.05, 3.63) is 103 Å². The van der Waals surface area contributed by atoms with Crippen molar-refractivity contribution in [2.45, 2.75) is 0 Å². The SMILES string of the molecule is c1ccc(-c2ccccc2Nc2ccccc2-n2cccc2)cc1. The summed E-state index contributed by atoms with van der Waals surface area (Å²) < 4.78 is 2.12. The topological polar surface area (TPSA) is 17.0 Å². The molecule has 0 radical (unpaired) electrons. The fourth-order valence-electron chi connectivity index (χ4n) is 2.91. The molecule has 1 heterocycles. The third kappa shape index (κ3) is 2.82. The average molecular weight is 310 g/mol. The van der Waals surface area contributed by atoms with Crippen LogP contribution in [0.3, 0.4) is 0 Å². The summed E-state index contributed by atoms with van der Waals surface area (Å²) >= 11 is 0. The first-order chi connectivity index (χ1) is 11.9. The molecule has 0 saturated heterocycles. The van der Waals surface area contributed by atoms with Crippen LogP contribution in [0, 0.1) is 0 Å². The predicted octanol–water partition coefficient (Wildman–Crippen LogP) is 5.89. The number of nitrogens with one attached hydrogen (secondary N) is 1. The van der Waals surface area contributed by atoms with Gasteiger partial charge in [-0.3, -0.25) is 0 Å². The molecule has 3 aromatic carbocycles. The zero-order valence-electron chi connectivity index (χ0n) is 13.3. The highest BCUT2D eigenvalue weighted by Gasteiger charge is 2.07. The maximum Gasteiger partial charge on any atom is 0.0686 e. The Kier molecular flexibility index (Phi) is 3.86. The molecule has 0 aliphatic heterocycles. The van der Waals surface area contributed by atoms with Gasteiger partial charge in [-0.15, -0.1) is 0 Å². The summed E-state index contributed by atoms with van der Waals surface area (Å²) in [5.74, 6) is 0. The molecule has 2 nitrogen and oxygen atoms in total. The van der Waals surface area contributed by atoms with Crippen LogP contribution in [0.15, 0.2) is 103 Å². The standard InChI is InChI=1S/C22H18N2/c1-2-10-18(11-3-1)19-12-4-5-13-20(19)23-21-14-6-7-15-22(21)24-16-8-9-17-24/h1-17,23H. The van der Waals surface area contributed by atoms with Crippen molar-refractivity contribution in [1.82, 2.24) is 4.57 Å². The molecule has 0 aliphatic carbocycles. The van der Waals surface area contributed by atoms with Gasteiger partial charge in [0.05, 0.1) is 11.4 Å². The van der Waals surface area contributed by atoms with Gasteiger partial charge >= 0.3 is 0 Å². The number of nitrogens with zero attached hydrogens (tertiary/aromatic N) is 1. The Bertz CT molecular complexity index is 925. The lowest BCUT2D eigenvalue weighted by Gasteiger charge is -2.16. The number of anilines is 2. The van der Waals surface area contributed by atoms with Crippen LogP contribution in [-0.4, -0.2) is 4.57 Å². The second-order valence-corrected chi connectivity index (χ2v) is 5.64. The van der Waals surface area contributed by atoms with Crippen molar-refractivity contribution in [1.29, 1.82) is 0 Å². The maximum absolute atomic E-state index is 3.61. The Balaban J connectivity index is 1.76. The van der Waals surface area contributed by atoms with E-state index in [-0.39, 0.29) is 0 Å². The third-order valence-electron chi connectivity index (χ3n) is 4.07. The first-order valence-electron chi connectivity index (χ1n) is 8.06. The molecule has 1 aromatic heterocycles. The molecule has 0 atom stereocenters. The number of hydrogen-bond donors (Lipinski definition) is 1. The van der Waals surface area contributed by atoms with E-state index in [1.807, 2.05) is 18.2 Å². The highest BCUT2D eigenvalue weighted by molar-refractivity contribution is 5.82. The van der Waals surface area contributed by atoms with Crippen molar-refractivity contribution in [2.75, 3.05) is 5.32 Å². The van der Waals surface area contributed by atoms with Gasteiger partial charge in [0.25, 0.3) is 0 Å². The summed E-state index contributed by atoms with van der Waals surface area (Å²) in [5, 5.41) is 3.61. The zero-order chi connectivity index (χ0) is 16.2. The highest BCUT2D eigenvalue weighted by Crippen LogP contribution is 2.32. The smallest absolute Gasteiger partial charge is 0.0686 e. The Morgan fingerprint density at radius 1 is 0.542 bits per heavy atom. The van der Waals surface area contributed by atoms with E-state index < -0.39 is 0 Å². The van der Waals surface area contributed by atoms with E-state index in [9.17, 15) is 0 Å². The lowest BCUT2D eigenvalue weighted by Crippen LogP contribution is -1.99. The van der Waals surface area contributed by atoms with E-state index in [1.54, 1.807) is 0 Å². The minimum Gasteiger partial charge on any atom is -0.353 e. The minimum atomic E-state index is 1.08. The number of hydrogen-bond acceptors (Lipinski definition) is 1. The number of para-hydroxylation sites is 3. The van der Waals surface area contributed by atoms with Gasteiger partial charge in [-0.25, -0.2) is 0 Å². The van der Waals surface area contributed by atoms with Gasteiger partial charge in [0.1, 0.15) is 0 Å². The molecule has 0 amide bonds. The van der Waals surface area contributed by atoms with Gasteiger partial charge in [0, 0.05) is 23.6 Å². The van der Waals surface area contributed by atoms with E-state index in [4.69, 9.17) is 0 Å². The molecule has 116 valence electrons. The molecular weight excluding hydrogens is 292 g/mol. The van der Waals surface area contributed by atoms with Crippen LogP contribution in [0.2, 0.25) is 0 Å². The van der Waals surface area contributed by atoms with Crippen molar-refractivity contribution in [3.8, 4) is 16.8 Å². The summed E-state index contributed by atoms with van der Waals surface area (Å²) in [6, 6.07) is 31.3. The van der Waals surface area contributed by atoms with Gasteiger partial charge in [0.15, 0.2) is 0 Å². The molecule has 0 spiro atoms. The van der Waals surface area contributed by atoms with Gasteiger partial charge in [0.2, 0.25) is 0 Å². The zero-order valence-corrected chi connectivity index (χ0v) is 13.3. The molecule has 4 rings (SSSR count). The number of rotatable bonds is 4. The normalized spacial score (nSPS) is 10.5. The molecule has 1 N–H and O–H groups in total. The fourth-order valence-corrected chi connectivity index (χ4v) is 2.91. The second kappa shape index (κ2) is 6.47. The van der Waals surface area contributed by atoms with Gasteiger partial charge in [-0.05, 0) is 35.9 Å². The Labute approximate surface area is 142 Å². The van der Waals surface area contributed by atoms with Crippen LogP contribution in [-0.2, 0) is 0 Å². The fraction of sp³-hybridized carbons (Fsp3) is 0. The molecule has 0 saturated carbocycles. The summed E-state index contributed by atoms with van der Waals surface area (Å²) in [5.41, 5.74) is 5.71. The lowest BCUT2D eigenvalue weighted by molar-refractivity contribution is 1.08. The van der Waals surface area contributed by atoms with Crippen LogP contribution in [0.4, 0.5) is 11.4 Å². The number of benzene rings is 3. The predicted molar refractivity (Wildman–Crippen MR) is 101 cm³/mol. The quantitative estimate of drug-likeness (QED) is 0.497. The molecule has 24 heavy (non-hydrogen) atoms. The average Bonchev–Trinajstić information content (AvgIpc) is 3.18. The van der Waals surface area contributed by atoms with Crippen molar-refractivity contribution in [2.24, 2.45) is 0 Å². The molecule has 2 heteroatoms. The minimum absolute atomic E-state index is 1.08. The van der Waals surface area contributed by atoms with E-state index in [2.05, 4.69) is 95.1 Å². The van der Waals surface area contributed by atoms with Crippen LogP contribution >= 0.6 is 0 Å². The van der Waals surface area contributed by atoms with E-state index in [0.717, 1.165) is 17.1 Å². The van der Waals surface area contributed by atoms with Gasteiger partial charge < -0.3 is 9.88 Å². The summed E-state index contributed by atoms with van der Waals surface area (Å²) in [4.78, 5) is 0. The van der Waals surface area contributed by atoms with Crippen LogP contribution in [0.5, 0.6) is 0 Å². The summed E-state index contributed by atoms with van der Waals surface area (Å²) in [7, 11) is 0. The lowest BCUT2D eigenvalue weighted by atomic mass is 10.0. The maximum atomic E-state index is 3.61. The van der Waals surface area contributed by atoms with Crippen LogP contribution < -0.4 is 5.32 Å². The monoisotopic (exact) mass is 310 g/mol. The second-order valence-electron chi connectivity index (χ2n) is 5.64. The molecule has 0 unspecified atom stereocenters. The van der Waals surface area contributed by atoms with Gasteiger partial charge in [-0.1, -0.05) is 60.7 Å². The largest absolute Gasteiger partial charge is 0.353 e. The van der Waals surface area contributed by atoms with Crippen molar-refractivity contribution < 1.29 is 0 Å². The Morgan fingerprint density at radius 2 is 1.17 bits per heavy atom. The Hall–Kier alpha value is -3.26.